The summed E-state index contributed by atoms with van der Waals surface area (Å²) in [4.78, 5) is 0. The van der Waals surface area contributed by atoms with Gasteiger partial charge >= 0.3 is 0 Å². The lowest BCUT2D eigenvalue weighted by molar-refractivity contribution is 0.163. The van der Waals surface area contributed by atoms with Gasteiger partial charge in [-0.05, 0) is 26.3 Å². The summed E-state index contributed by atoms with van der Waals surface area (Å²) in [7, 11) is -3.03. The smallest absolute Gasteiger partial charge is 0.147 e. The molecule has 1 heterocycles. The Morgan fingerprint density at radius 1 is 1.56 bits per heavy atom. The molecule has 0 fully saturated rings. The number of hydrogen-bond acceptors (Lipinski definition) is 4. The Hall–Kier alpha value is -0.880. The van der Waals surface area contributed by atoms with Gasteiger partial charge in [0.2, 0.25) is 0 Å². The van der Waals surface area contributed by atoms with Gasteiger partial charge in [0.1, 0.15) is 9.84 Å². The third kappa shape index (κ3) is 3.61. The molecule has 0 saturated carbocycles. The maximum Gasteiger partial charge on any atom is 0.147 e. The number of nitrogens with zero attached hydrogens (tertiary/aromatic N) is 2. The van der Waals surface area contributed by atoms with E-state index in [1.165, 1.54) is 6.26 Å². The van der Waals surface area contributed by atoms with Crippen LogP contribution in [0.4, 0.5) is 0 Å². The van der Waals surface area contributed by atoms with Crippen LogP contribution in [0.1, 0.15) is 30.8 Å². The van der Waals surface area contributed by atoms with Crippen molar-refractivity contribution in [3.05, 3.63) is 17.5 Å². The molecule has 1 aromatic heterocycles. The quantitative estimate of drug-likeness (QED) is 0.829. The van der Waals surface area contributed by atoms with E-state index in [1.54, 1.807) is 10.7 Å². The highest BCUT2D eigenvalue weighted by atomic mass is 32.2. The van der Waals surface area contributed by atoms with Gasteiger partial charge in [0.25, 0.3) is 0 Å². The Bertz CT molecular complexity index is 451. The van der Waals surface area contributed by atoms with Crippen LogP contribution >= 0.6 is 0 Å². The summed E-state index contributed by atoms with van der Waals surface area (Å²) < 4.78 is 23.7. The molecule has 6 heteroatoms. The number of aliphatic hydroxyl groups is 1. The van der Waals surface area contributed by atoms with Crippen LogP contribution in [0.25, 0.3) is 0 Å². The van der Waals surface area contributed by atoms with Crippen molar-refractivity contribution in [3.63, 3.8) is 0 Å². The van der Waals surface area contributed by atoms with Crippen LogP contribution in [0.15, 0.2) is 6.07 Å². The Morgan fingerprint density at radius 2 is 2.19 bits per heavy atom. The van der Waals surface area contributed by atoms with E-state index in [2.05, 4.69) is 5.10 Å². The molecule has 1 N–H and O–H groups in total. The van der Waals surface area contributed by atoms with Crippen LogP contribution in [0.3, 0.4) is 0 Å². The first kappa shape index (κ1) is 13.2. The lowest BCUT2D eigenvalue weighted by atomic mass is 10.2. The highest BCUT2D eigenvalue weighted by Crippen LogP contribution is 2.18. The van der Waals surface area contributed by atoms with Crippen molar-refractivity contribution in [2.75, 3.05) is 12.0 Å². The van der Waals surface area contributed by atoms with Crippen LogP contribution in [-0.2, 0) is 16.4 Å². The first-order valence-corrected chi connectivity index (χ1v) is 7.29. The lowest BCUT2D eigenvalue weighted by Crippen LogP contribution is -2.12. The standard InChI is InChI=1S/C10H18N2O3S/c1-4-12-9(7-8(2)11-12)10(13)5-6-16(3,14)15/h7,10,13H,4-6H2,1-3H3. The maximum absolute atomic E-state index is 11.0. The van der Waals surface area contributed by atoms with Crippen LogP contribution in [-0.4, -0.2) is 35.3 Å². The Kier molecular flexibility index (Phi) is 4.09. The predicted molar refractivity (Wildman–Crippen MR) is 61.9 cm³/mol. The van der Waals surface area contributed by atoms with E-state index < -0.39 is 15.9 Å². The number of aromatic nitrogens is 2. The molecule has 1 atom stereocenters. The van der Waals surface area contributed by atoms with E-state index in [9.17, 15) is 13.5 Å². The van der Waals surface area contributed by atoms with Crippen molar-refractivity contribution in [1.82, 2.24) is 9.78 Å². The zero-order valence-electron chi connectivity index (χ0n) is 9.84. The molecule has 0 aliphatic heterocycles. The topological polar surface area (TPSA) is 72.2 Å². The van der Waals surface area contributed by atoms with Gasteiger partial charge in [-0.1, -0.05) is 0 Å². The second-order valence-electron chi connectivity index (χ2n) is 3.96. The molecular weight excluding hydrogens is 228 g/mol. The fourth-order valence-corrected chi connectivity index (χ4v) is 2.21. The highest BCUT2D eigenvalue weighted by molar-refractivity contribution is 7.90. The van der Waals surface area contributed by atoms with E-state index >= 15 is 0 Å². The molecule has 1 rings (SSSR count). The molecule has 16 heavy (non-hydrogen) atoms. The summed E-state index contributed by atoms with van der Waals surface area (Å²) in [6.45, 7) is 4.44. The van der Waals surface area contributed by atoms with E-state index in [-0.39, 0.29) is 12.2 Å². The first-order chi connectivity index (χ1) is 7.33. The molecule has 0 aliphatic carbocycles. The van der Waals surface area contributed by atoms with Crippen LogP contribution < -0.4 is 0 Å². The van der Waals surface area contributed by atoms with Gasteiger partial charge in [-0.3, -0.25) is 4.68 Å². The SMILES string of the molecule is CCn1nc(C)cc1C(O)CCS(C)(=O)=O. The molecule has 5 nitrogen and oxygen atoms in total. The molecule has 92 valence electrons. The fraction of sp³-hybridized carbons (Fsp3) is 0.700. The van der Waals surface area contributed by atoms with Gasteiger partial charge < -0.3 is 5.11 Å². The first-order valence-electron chi connectivity index (χ1n) is 5.23. The number of aliphatic hydroxyl groups excluding tert-OH is 1. The van der Waals surface area contributed by atoms with Gasteiger partial charge in [0.15, 0.2) is 0 Å². The number of rotatable bonds is 5. The minimum atomic E-state index is -3.03. The van der Waals surface area contributed by atoms with E-state index in [4.69, 9.17) is 0 Å². The monoisotopic (exact) mass is 246 g/mol. The zero-order valence-corrected chi connectivity index (χ0v) is 10.7. The number of sulfone groups is 1. The third-order valence-corrected chi connectivity index (χ3v) is 3.31. The Morgan fingerprint density at radius 3 is 2.69 bits per heavy atom. The summed E-state index contributed by atoms with van der Waals surface area (Å²) in [5.41, 5.74) is 1.51. The van der Waals surface area contributed by atoms with E-state index in [0.29, 0.717) is 12.2 Å². The molecule has 1 unspecified atom stereocenters. The molecule has 0 amide bonds. The second-order valence-corrected chi connectivity index (χ2v) is 6.22. The minimum absolute atomic E-state index is 0.0118. The van der Waals surface area contributed by atoms with Gasteiger partial charge in [-0.2, -0.15) is 5.10 Å². The van der Waals surface area contributed by atoms with E-state index in [0.717, 1.165) is 5.69 Å². The predicted octanol–water partition coefficient (Wildman–Crippen LogP) is 0.680. The van der Waals surface area contributed by atoms with E-state index in [1.807, 2.05) is 13.8 Å². The fourth-order valence-electron chi connectivity index (χ4n) is 1.56. The second kappa shape index (κ2) is 4.97. The lowest BCUT2D eigenvalue weighted by Gasteiger charge is -2.11. The van der Waals surface area contributed by atoms with Crippen LogP contribution in [0, 0.1) is 6.92 Å². The number of aryl methyl sites for hydroxylation is 2. The van der Waals surface area contributed by atoms with Crippen molar-refractivity contribution in [2.45, 2.75) is 32.9 Å². The van der Waals surface area contributed by atoms with Crippen LogP contribution in [0.2, 0.25) is 0 Å². The van der Waals surface area contributed by atoms with Gasteiger partial charge in [0, 0.05) is 12.8 Å². The average Bonchev–Trinajstić information content (AvgIpc) is 2.55. The van der Waals surface area contributed by atoms with Crippen molar-refractivity contribution in [2.24, 2.45) is 0 Å². The average molecular weight is 246 g/mol. The molecule has 0 spiro atoms. The Labute approximate surface area is 96.0 Å². The van der Waals surface area contributed by atoms with Gasteiger partial charge in [-0.25, -0.2) is 8.42 Å². The molecule has 0 radical (unpaired) electrons. The van der Waals surface area contributed by atoms with Crippen molar-refractivity contribution >= 4 is 9.84 Å². The zero-order chi connectivity index (χ0) is 12.3. The van der Waals surface area contributed by atoms with Crippen LogP contribution in [0.5, 0.6) is 0 Å². The summed E-state index contributed by atoms with van der Waals surface area (Å²) in [6.07, 6.45) is 0.613. The maximum atomic E-state index is 11.0. The summed E-state index contributed by atoms with van der Waals surface area (Å²) in [5.74, 6) is -0.0118. The highest BCUT2D eigenvalue weighted by Gasteiger charge is 2.16. The van der Waals surface area contributed by atoms with Crippen molar-refractivity contribution in [1.29, 1.82) is 0 Å². The number of hydrogen-bond donors (Lipinski definition) is 1. The molecule has 0 aromatic carbocycles. The minimum Gasteiger partial charge on any atom is -0.387 e. The van der Waals surface area contributed by atoms with Gasteiger partial charge in [-0.15, -0.1) is 0 Å². The van der Waals surface area contributed by atoms with Gasteiger partial charge in [0.05, 0.1) is 23.2 Å². The molecule has 0 bridgehead atoms. The molecule has 0 saturated heterocycles. The summed E-state index contributed by atoms with van der Waals surface area (Å²) >= 11 is 0. The Balaban J connectivity index is 2.76. The normalized spacial score (nSPS) is 14.0. The summed E-state index contributed by atoms with van der Waals surface area (Å²) in [5, 5.41) is 14.1. The molecular formula is C10H18N2O3S. The van der Waals surface area contributed by atoms with Crippen molar-refractivity contribution < 1.29 is 13.5 Å². The third-order valence-electron chi connectivity index (χ3n) is 2.34. The summed E-state index contributed by atoms with van der Waals surface area (Å²) in [6, 6.07) is 1.79. The van der Waals surface area contributed by atoms with Crippen molar-refractivity contribution in [3.8, 4) is 0 Å². The largest absolute Gasteiger partial charge is 0.387 e. The molecule has 0 aliphatic rings. The molecule has 1 aromatic rings.